The van der Waals surface area contributed by atoms with Gasteiger partial charge in [-0.3, -0.25) is 0 Å². The van der Waals surface area contributed by atoms with Gasteiger partial charge >= 0.3 is 0 Å². The zero-order valence-electron chi connectivity index (χ0n) is 13.5. The van der Waals surface area contributed by atoms with Gasteiger partial charge in [-0.1, -0.05) is 111 Å². The van der Waals surface area contributed by atoms with E-state index in [4.69, 9.17) is 92.8 Å². The van der Waals surface area contributed by atoms with Crippen molar-refractivity contribution in [1.82, 2.24) is 0 Å². The van der Waals surface area contributed by atoms with Crippen LogP contribution in [0, 0.1) is 0 Å². The molecule has 150 valence electrons. The summed E-state index contributed by atoms with van der Waals surface area (Å²) in [6.45, 7) is 0. The van der Waals surface area contributed by atoms with Crippen LogP contribution in [-0.2, 0) is 0 Å². The van der Waals surface area contributed by atoms with Gasteiger partial charge in [0.1, 0.15) is 0 Å². The van der Waals surface area contributed by atoms with E-state index >= 15 is 0 Å². The van der Waals surface area contributed by atoms with Gasteiger partial charge in [0.05, 0.1) is 40.2 Å². The minimum atomic E-state index is 0.242. The van der Waals surface area contributed by atoms with E-state index in [1.165, 1.54) is 0 Å². The van der Waals surface area contributed by atoms with Crippen molar-refractivity contribution in [2.75, 3.05) is 0 Å². The van der Waals surface area contributed by atoms with E-state index in [1.807, 2.05) is 30.3 Å². The summed E-state index contributed by atoms with van der Waals surface area (Å²) in [6.07, 6.45) is 0. The monoisotopic (exact) mass is 570 g/mol. The second-order valence-corrected chi connectivity index (χ2v) is 8.92. The minimum absolute atomic E-state index is 0.242. The Kier molecular flexibility index (Phi) is 12.6. The first-order chi connectivity index (χ1) is 13.1. The summed E-state index contributed by atoms with van der Waals surface area (Å²) in [7, 11) is 0. The van der Waals surface area contributed by atoms with E-state index in [1.54, 1.807) is 18.2 Å². The number of rotatable bonds is 0. The minimum Gasteiger partial charge on any atom is -0.143 e. The van der Waals surface area contributed by atoms with E-state index in [-0.39, 0.29) is 10.0 Å². The van der Waals surface area contributed by atoms with E-state index in [0.717, 1.165) is 4.90 Å². The molecule has 0 unspecified atom stereocenters. The summed E-state index contributed by atoms with van der Waals surface area (Å²) < 4.78 is 0. The molecule has 0 heterocycles. The number of hydrogen-bond donors (Lipinski definition) is 2. The molecule has 10 heteroatoms. The molecule has 0 saturated carbocycles. The molecule has 0 amide bonds. The molecule has 0 N–H and O–H groups in total. The van der Waals surface area contributed by atoms with Gasteiger partial charge in [-0.25, -0.2) is 0 Å². The smallest absolute Gasteiger partial charge is 0.0805 e. The van der Waals surface area contributed by atoms with Crippen LogP contribution < -0.4 is 0 Å². The van der Waals surface area contributed by atoms with Crippen LogP contribution in [0.15, 0.2) is 58.3 Å². The van der Waals surface area contributed by atoms with Crippen molar-refractivity contribution >= 4 is 118 Å². The topological polar surface area (TPSA) is 0 Å². The van der Waals surface area contributed by atoms with Crippen molar-refractivity contribution in [2.45, 2.75) is 9.79 Å². The highest BCUT2D eigenvalue weighted by atomic mass is 35.5. The molecule has 0 saturated heterocycles. The molecule has 3 aromatic carbocycles. The molecule has 0 atom stereocenters. The van der Waals surface area contributed by atoms with E-state index < -0.39 is 0 Å². The summed E-state index contributed by atoms with van der Waals surface area (Å²) in [4.78, 5) is 1.54. The maximum Gasteiger partial charge on any atom is 0.0805 e. The van der Waals surface area contributed by atoms with Crippen LogP contribution in [0.5, 0.6) is 0 Å². The molecule has 0 aliphatic heterocycles. The van der Waals surface area contributed by atoms with Gasteiger partial charge in [0.2, 0.25) is 0 Å². The van der Waals surface area contributed by atoms with Gasteiger partial charge in [0.25, 0.3) is 0 Å². The summed E-state index contributed by atoms with van der Waals surface area (Å²) >= 11 is 53.3. The Morgan fingerprint density at radius 2 is 0.893 bits per heavy atom. The zero-order chi connectivity index (χ0) is 21.4. The number of benzene rings is 3. The van der Waals surface area contributed by atoms with Crippen LogP contribution in [0.4, 0.5) is 0 Å². The van der Waals surface area contributed by atoms with Crippen LogP contribution in [0.2, 0.25) is 40.2 Å². The molecule has 0 aliphatic rings. The van der Waals surface area contributed by atoms with Gasteiger partial charge in [-0.15, -0.1) is 25.3 Å². The van der Waals surface area contributed by atoms with Gasteiger partial charge < -0.3 is 0 Å². The Labute approximate surface area is 214 Å². The summed E-state index contributed by atoms with van der Waals surface area (Å²) in [5.41, 5.74) is 0. The zero-order valence-corrected chi connectivity index (χ0v) is 21.4. The standard InChI is InChI=1S/C6H2Cl4S.C6H2Cl4.C6H6S/c7-2-1-3(11)5(9)6(10)4(2)8;7-3-1-2-4(8)6(10)5(3)9;7-6-4-2-1-3-5-6/h1,11H;1-2H;1-5,7H. The van der Waals surface area contributed by atoms with Crippen molar-refractivity contribution in [3.8, 4) is 0 Å². The van der Waals surface area contributed by atoms with Crippen LogP contribution in [0.25, 0.3) is 0 Å². The second kappa shape index (κ2) is 13.2. The quantitative estimate of drug-likeness (QED) is 0.149. The molecule has 3 aromatic rings. The predicted octanol–water partition coefficient (Wildman–Crippen LogP) is 10.9. The third kappa shape index (κ3) is 8.43. The Balaban J connectivity index is 0.000000215. The van der Waals surface area contributed by atoms with E-state index in [9.17, 15) is 0 Å². The van der Waals surface area contributed by atoms with E-state index in [0.29, 0.717) is 35.0 Å². The van der Waals surface area contributed by atoms with Crippen molar-refractivity contribution < 1.29 is 0 Å². The van der Waals surface area contributed by atoms with Crippen LogP contribution in [0.3, 0.4) is 0 Å². The number of hydrogen-bond acceptors (Lipinski definition) is 2. The van der Waals surface area contributed by atoms with Gasteiger partial charge in [0, 0.05) is 9.79 Å². The number of thiol groups is 2. The van der Waals surface area contributed by atoms with Gasteiger partial charge in [0.15, 0.2) is 0 Å². The largest absolute Gasteiger partial charge is 0.143 e. The Hall–Kier alpha value is 0.680. The van der Waals surface area contributed by atoms with Crippen molar-refractivity contribution in [3.05, 3.63) is 88.7 Å². The average molecular weight is 574 g/mol. The van der Waals surface area contributed by atoms with Crippen LogP contribution in [0.1, 0.15) is 0 Å². The molecule has 0 nitrogen and oxygen atoms in total. The molecule has 0 aromatic heterocycles. The fraction of sp³-hybridized carbons (Fsp3) is 0. The van der Waals surface area contributed by atoms with Crippen LogP contribution >= 0.6 is 118 Å². The molecule has 0 bridgehead atoms. The molecule has 3 rings (SSSR count). The molecule has 0 aliphatic carbocycles. The first kappa shape index (κ1) is 26.7. The van der Waals surface area contributed by atoms with Gasteiger partial charge in [-0.05, 0) is 30.3 Å². The van der Waals surface area contributed by atoms with Crippen molar-refractivity contribution in [1.29, 1.82) is 0 Å². The molecule has 0 radical (unpaired) electrons. The summed E-state index contributed by atoms with van der Waals surface area (Å²) in [6, 6.07) is 14.5. The highest BCUT2D eigenvalue weighted by Gasteiger charge is 2.10. The first-order valence-electron chi connectivity index (χ1n) is 7.11. The fourth-order valence-corrected chi connectivity index (χ4v) is 3.59. The molecular weight excluding hydrogens is 564 g/mol. The Bertz CT molecular complexity index is 880. The lowest BCUT2D eigenvalue weighted by molar-refractivity contribution is 1.47. The number of halogens is 8. The maximum atomic E-state index is 5.70. The SMILES string of the molecule is Clc1ccc(Cl)c(Cl)c1Cl.Sc1cc(Cl)c(Cl)c(Cl)c1Cl.Sc1ccccc1. The normalized spacial score (nSPS) is 9.79. The molecule has 0 fully saturated rings. The Morgan fingerprint density at radius 1 is 0.464 bits per heavy atom. The molecular formula is C18H10Cl8S2. The predicted molar refractivity (Wildman–Crippen MR) is 134 cm³/mol. The summed E-state index contributed by atoms with van der Waals surface area (Å²) in [5, 5.41) is 2.61. The Morgan fingerprint density at radius 3 is 1.29 bits per heavy atom. The van der Waals surface area contributed by atoms with Crippen molar-refractivity contribution in [3.63, 3.8) is 0 Å². The third-order valence-corrected chi connectivity index (χ3v) is 7.07. The fourth-order valence-electron chi connectivity index (χ4n) is 1.49. The van der Waals surface area contributed by atoms with Crippen LogP contribution in [-0.4, -0.2) is 0 Å². The first-order valence-corrected chi connectivity index (χ1v) is 11.0. The average Bonchev–Trinajstić information content (AvgIpc) is 2.68. The highest BCUT2D eigenvalue weighted by molar-refractivity contribution is 7.80. The van der Waals surface area contributed by atoms with E-state index in [2.05, 4.69) is 25.3 Å². The lowest BCUT2D eigenvalue weighted by Gasteiger charge is -2.03. The lowest BCUT2D eigenvalue weighted by Crippen LogP contribution is -1.76. The summed E-state index contributed by atoms with van der Waals surface area (Å²) in [5.74, 6) is 0. The van der Waals surface area contributed by atoms with Crippen molar-refractivity contribution in [2.24, 2.45) is 0 Å². The molecule has 28 heavy (non-hydrogen) atoms. The maximum absolute atomic E-state index is 5.70. The lowest BCUT2D eigenvalue weighted by atomic mass is 10.3. The highest BCUT2D eigenvalue weighted by Crippen LogP contribution is 2.39. The molecule has 0 spiro atoms. The third-order valence-electron chi connectivity index (χ3n) is 2.83. The van der Waals surface area contributed by atoms with Gasteiger partial charge in [-0.2, -0.15) is 0 Å². The second-order valence-electron chi connectivity index (χ2n) is 4.81.